The van der Waals surface area contributed by atoms with Crippen LogP contribution in [0.2, 0.25) is 0 Å². The number of rotatable bonds is 4. The summed E-state index contributed by atoms with van der Waals surface area (Å²) in [5.41, 5.74) is 1.98. The molecule has 2 aromatic carbocycles. The molecule has 0 spiro atoms. The first-order chi connectivity index (χ1) is 10.1. The highest BCUT2D eigenvalue weighted by Crippen LogP contribution is 2.37. The minimum atomic E-state index is 0.173. The van der Waals surface area contributed by atoms with E-state index in [0.29, 0.717) is 18.0 Å². The van der Waals surface area contributed by atoms with Crippen LogP contribution in [0, 0.1) is 0 Å². The van der Waals surface area contributed by atoms with E-state index >= 15 is 0 Å². The van der Waals surface area contributed by atoms with Gasteiger partial charge in [-0.05, 0) is 30.7 Å². The monoisotopic (exact) mass is 349 g/mol. The summed E-state index contributed by atoms with van der Waals surface area (Å²) in [5.74, 6) is 1.49. The van der Waals surface area contributed by atoms with E-state index in [2.05, 4.69) is 40.3 Å². The number of phenolic OH excluding ortho intramolecular Hbond substituents is 1. The van der Waals surface area contributed by atoms with Gasteiger partial charge in [-0.25, -0.2) is 0 Å². The molecule has 21 heavy (non-hydrogen) atoms. The van der Waals surface area contributed by atoms with Gasteiger partial charge in [0.25, 0.3) is 0 Å². The lowest BCUT2D eigenvalue weighted by molar-refractivity contribution is 0.174. The van der Waals surface area contributed by atoms with Crippen molar-refractivity contribution in [3.05, 3.63) is 52.0 Å². The number of nitrogens with one attached hydrogen (secondary N) is 1. The summed E-state index contributed by atoms with van der Waals surface area (Å²) in [6, 6.07) is 11.8. The molecule has 4 nitrogen and oxygen atoms in total. The largest absolute Gasteiger partial charge is 0.507 e. The van der Waals surface area contributed by atoms with Crippen LogP contribution < -0.4 is 14.8 Å². The molecular formula is C16H16BrNO3. The normalized spacial score (nSPS) is 14.2. The van der Waals surface area contributed by atoms with E-state index in [1.54, 1.807) is 6.07 Å². The van der Waals surface area contributed by atoms with Gasteiger partial charge >= 0.3 is 0 Å². The van der Waals surface area contributed by atoms with Crippen LogP contribution >= 0.6 is 15.9 Å². The molecule has 0 saturated heterocycles. The summed E-state index contributed by atoms with van der Waals surface area (Å²) in [4.78, 5) is 0. The number of fused-ring (bicyclic) bond motifs is 1. The van der Waals surface area contributed by atoms with Crippen molar-refractivity contribution in [3.63, 3.8) is 0 Å². The van der Waals surface area contributed by atoms with Crippen molar-refractivity contribution in [2.24, 2.45) is 0 Å². The number of aromatic hydroxyl groups is 1. The molecular weight excluding hydrogens is 334 g/mol. The summed E-state index contributed by atoms with van der Waals surface area (Å²) in [7, 11) is 0. The molecule has 3 rings (SSSR count). The van der Waals surface area contributed by atoms with E-state index in [-0.39, 0.29) is 18.6 Å². The molecule has 0 aliphatic carbocycles. The Kier molecular flexibility index (Phi) is 4.03. The molecule has 0 radical (unpaired) electrons. The predicted molar refractivity (Wildman–Crippen MR) is 83.6 cm³/mol. The van der Waals surface area contributed by atoms with Crippen LogP contribution in [0.5, 0.6) is 17.2 Å². The lowest BCUT2D eigenvalue weighted by Gasteiger charge is -2.15. The highest BCUT2D eigenvalue weighted by atomic mass is 79.9. The second kappa shape index (κ2) is 5.95. The third kappa shape index (κ3) is 3.14. The van der Waals surface area contributed by atoms with E-state index in [0.717, 1.165) is 10.0 Å². The fraction of sp³-hybridized carbons (Fsp3) is 0.250. The Labute approximate surface area is 131 Å². The summed E-state index contributed by atoms with van der Waals surface area (Å²) in [6.07, 6.45) is 0. The van der Waals surface area contributed by atoms with E-state index < -0.39 is 0 Å². The molecule has 0 bridgehead atoms. The second-order valence-corrected chi connectivity index (χ2v) is 5.91. The molecule has 1 aliphatic heterocycles. The van der Waals surface area contributed by atoms with E-state index in [4.69, 9.17) is 9.47 Å². The fourth-order valence-corrected chi connectivity index (χ4v) is 2.69. The predicted octanol–water partition coefficient (Wildman–Crippen LogP) is 3.73. The number of hydrogen-bond donors (Lipinski definition) is 2. The Hall–Kier alpha value is -1.72. The molecule has 1 unspecified atom stereocenters. The van der Waals surface area contributed by atoms with Crippen molar-refractivity contribution < 1.29 is 14.6 Å². The summed E-state index contributed by atoms with van der Waals surface area (Å²) < 4.78 is 11.6. The maximum Gasteiger partial charge on any atom is 0.231 e. The van der Waals surface area contributed by atoms with Crippen molar-refractivity contribution in [3.8, 4) is 17.2 Å². The zero-order valence-electron chi connectivity index (χ0n) is 11.6. The number of halogens is 1. The zero-order valence-corrected chi connectivity index (χ0v) is 13.2. The van der Waals surface area contributed by atoms with Gasteiger partial charge in [-0.3, -0.25) is 0 Å². The van der Waals surface area contributed by atoms with Crippen LogP contribution in [0.4, 0.5) is 0 Å². The zero-order chi connectivity index (χ0) is 14.8. The lowest BCUT2D eigenvalue weighted by Crippen LogP contribution is -2.18. The third-order valence-electron chi connectivity index (χ3n) is 3.52. The first-order valence-electron chi connectivity index (χ1n) is 6.74. The van der Waals surface area contributed by atoms with Crippen molar-refractivity contribution in [1.82, 2.24) is 5.32 Å². The Balaban J connectivity index is 1.70. The van der Waals surface area contributed by atoms with Crippen LogP contribution in [0.25, 0.3) is 0 Å². The number of phenols is 1. The van der Waals surface area contributed by atoms with Gasteiger partial charge in [0.15, 0.2) is 11.5 Å². The Bertz CT molecular complexity index is 660. The van der Waals surface area contributed by atoms with Gasteiger partial charge in [0.1, 0.15) is 5.75 Å². The average molecular weight is 350 g/mol. The van der Waals surface area contributed by atoms with E-state index in [1.807, 2.05) is 18.2 Å². The molecule has 110 valence electrons. The molecule has 0 amide bonds. The Morgan fingerprint density at radius 2 is 2.00 bits per heavy atom. The minimum absolute atomic E-state index is 0.173. The summed E-state index contributed by atoms with van der Waals surface area (Å²) in [6.45, 7) is 2.85. The van der Waals surface area contributed by atoms with Gasteiger partial charge in [0.2, 0.25) is 6.79 Å². The van der Waals surface area contributed by atoms with Crippen molar-refractivity contribution in [2.45, 2.75) is 19.5 Å². The quantitative estimate of drug-likeness (QED) is 0.882. The lowest BCUT2D eigenvalue weighted by atomic mass is 10.1. The summed E-state index contributed by atoms with van der Waals surface area (Å²) >= 11 is 3.47. The van der Waals surface area contributed by atoms with Gasteiger partial charge in [0.05, 0.1) is 0 Å². The maximum absolute atomic E-state index is 10.0. The molecule has 1 heterocycles. The van der Waals surface area contributed by atoms with Crippen molar-refractivity contribution in [2.75, 3.05) is 6.79 Å². The molecule has 0 saturated carbocycles. The average Bonchev–Trinajstić information content (AvgIpc) is 2.91. The number of benzene rings is 2. The SMILES string of the molecule is CC(NCc1cc2c(cc1O)OCO2)c1cccc(Br)c1. The smallest absolute Gasteiger partial charge is 0.231 e. The van der Waals surface area contributed by atoms with Crippen LogP contribution in [-0.2, 0) is 6.54 Å². The van der Waals surface area contributed by atoms with Gasteiger partial charge in [-0.2, -0.15) is 0 Å². The van der Waals surface area contributed by atoms with Crippen LogP contribution in [0.3, 0.4) is 0 Å². The molecule has 1 atom stereocenters. The topological polar surface area (TPSA) is 50.7 Å². The number of ether oxygens (including phenoxy) is 2. The van der Waals surface area contributed by atoms with E-state index in [1.165, 1.54) is 5.56 Å². The van der Waals surface area contributed by atoms with Gasteiger partial charge in [0, 0.05) is 28.7 Å². The first-order valence-corrected chi connectivity index (χ1v) is 7.53. The molecule has 0 aromatic heterocycles. The first kappa shape index (κ1) is 14.2. The molecule has 2 N–H and O–H groups in total. The summed E-state index contributed by atoms with van der Waals surface area (Å²) in [5, 5.41) is 13.4. The van der Waals surface area contributed by atoms with Gasteiger partial charge in [-0.15, -0.1) is 0 Å². The van der Waals surface area contributed by atoms with Crippen LogP contribution in [0.15, 0.2) is 40.9 Å². The van der Waals surface area contributed by atoms with E-state index in [9.17, 15) is 5.11 Å². The maximum atomic E-state index is 10.0. The minimum Gasteiger partial charge on any atom is -0.507 e. The van der Waals surface area contributed by atoms with Gasteiger partial charge in [-0.1, -0.05) is 28.1 Å². The standard InChI is InChI=1S/C16H16BrNO3/c1-10(11-3-2-4-13(17)5-11)18-8-12-6-15-16(7-14(12)19)21-9-20-15/h2-7,10,18-19H,8-9H2,1H3. The van der Waals surface area contributed by atoms with Crippen molar-refractivity contribution >= 4 is 15.9 Å². The number of hydrogen-bond acceptors (Lipinski definition) is 4. The Morgan fingerprint density at radius 3 is 2.76 bits per heavy atom. The molecule has 1 aliphatic rings. The Morgan fingerprint density at radius 1 is 1.24 bits per heavy atom. The van der Waals surface area contributed by atoms with Crippen LogP contribution in [-0.4, -0.2) is 11.9 Å². The van der Waals surface area contributed by atoms with Crippen LogP contribution in [0.1, 0.15) is 24.1 Å². The highest BCUT2D eigenvalue weighted by Gasteiger charge is 2.17. The molecule has 5 heteroatoms. The third-order valence-corrected chi connectivity index (χ3v) is 4.01. The fourth-order valence-electron chi connectivity index (χ4n) is 2.27. The van der Waals surface area contributed by atoms with Gasteiger partial charge < -0.3 is 19.9 Å². The second-order valence-electron chi connectivity index (χ2n) is 4.99. The highest BCUT2D eigenvalue weighted by molar-refractivity contribution is 9.10. The molecule has 2 aromatic rings. The van der Waals surface area contributed by atoms with Crippen molar-refractivity contribution in [1.29, 1.82) is 0 Å². The molecule has 0 fully saturated rings.